The number of aliphatic hydroxyl groups is 1. The second-order valence-corrected chi connectivity index (χ2v) is 6.73. The van der Waals surface area contributed by atoms with Crippen molar-refractivity contribution in [2.24, 2.45) is 5.41 Å². The topological polar surface area (TPSA) is 62.2 Å². The van der Waals surface area contributed by atoms with Crippen molar-refractivity contribution in [1.82, 2.24) is 10.3 Å². The number of aromatic nitrogens is 1. The van der Waals surface area contributed by atoms with Gasteiger partial charge in [0.15, 0.2) is 0 Å². The fourth-order valence-corrected chi connectivity index (χ4v) is 2.90. The lowest BCUT2D eigenvalue weighted by molar-refractivity contribution is 0.0936. The van der Waals surface area contributed by atoms with Crippen LogP contribution in [0.15, 0.2) is 30.3 Å². The molecule has 2 aliphatic rings. The van der Waals surface area contributed by atoms with Gasteiger partial charge in [-0.15, -0.1) is 0 Å². The molecule has 4 nitrogen and oxygen atoms in total. The molecule has 114 valence electrons. The van der Waals surface area contributed by atoms with E-state index < -0.39 is 0 Å². The molecule has 0 aliphatic heterocycles. The Morgan fingerprint density at radius 3 is 2.77 bits per heavy atom. The number of nitrogens with zero attached hydrogens (tertiary/aromatic N) is 1. The zero-order valence-corrected chi connectivity index (χ0v) is 12.5. The van der Waals surface area contributed by atoms with Crippen molar-refractivity contribution in [3.63, 3.8) is 0 Å². The van der Waals surface area contributed by atoms with Gasteiger partial charge in [-0.05, 0) is 37.8 Å². The molecule has 2 aliphatic carbocycles. The van der Waals surface area contributed by atoms with E-state index in [1.807, 2.05) is 30.3 Å². The van der Waals surface area contributed by atoms with Crippen molar-refractivity contribution < 1.29 is 9.90 Å². The molecule has 4 rings (SSSR count). The molecule has 0 bridgehead atoms. The van der Waals surface area contributed by atoms with Crippen LogP contribution in [0.2, 0.25) is 0 Å². The third-order valence-corrected chi connectivity index (χ3v) is 4.89. The minimum absolute atomic E-state index is 0.0553. The summed E-state index contributed by atoms with van der Waals surface area (Å²) in [6, 6.07) is 9.77. The SMILES string of the molecule is O=C(NCC1(CO)CC1)c1cc(C2CC2)nc2ccccc12. The van der Waals surface area contributed by atoms with E-state index in [9.17, 15) is 9.90 Å². The maximum Gasteiger partial charge on any atom is 0.252 e. The molecule has 1 aromatic heterocycles. The Morgan fingerprint density at radius 1 is 1.32 bits per heavy atom. The first-order valence-corrected chi connectivity index (χ1v) is 8.00. The van der Waals surface area contributed by atoms with Crippen molar-refractivity contribution in [3.05, 3.63) is 41.6 Å². The Bertz CT molecular complexity index is 733. The Kier molecular flexibility index (Phi) is 3.15. The van der Waals surface area contributed by atoms with Crippen LogP contribution in [-0.4, -0.2) is 29.1 Å². The highest BCUT2D eigenvalue weighted by Gasteiger charge is 2.42. The summed E-state index contributed by atoms with van der Waals surface area (Å²) in [5, 5.41) is 13.3. The third kappa shape index (κ3) is 2.48. The fourth-order valence-electron chi connectivity index (χ4n) is 2.90. The van der Waals surface area contributed by atoms with Crippen LogP contribution in [0.25, 0.3) is 10.9 Å². The van der Waals surface area contributed by atoms with Gasteiger partial charge in [-0.3, -0.25) is 9.78 Å². The Labute approximate surface area is 129 Å². The van der Waals surface area contributed by atoms with Gasteiger partial charge in [0.2, 0.25) is 0 Å². The summed E-state index contributed by atoms with van der Waals surface area (Å²) >= 11 is 0. The molecule has 0 unspecified atom stereocenters. The minimum Gasteiger partial charge on any atom is -0.396 e. The van der Waals surface area contributed by atoms with Crippen LogP contribution in [-0.2, 0) is 0 Å². The molecule has 22 heavy (non-hydrogen) atoms. The number of aliphatic hydroxyl groups excluding tert-OH is 1. The normalized spacial score (nSPS) is 19.1. The number of fused-ring (bicyclic) bond motifs is 1. The monoisotopic (exact) mass is 296 g/mol. The smallest absolute Gasteiger partial charge is 0.252 e. The number of carbonyl (C=O) groups excluding carboxylic acids is 1. The highest BCUT2D eigenvalue weighted by Crippen LogP contribution is 2.44. The summed E-state index contributed by atoms with van der Waals surface area (Å²) in [5.41, 5.74) is 2.56. The molecule has 0 radical (unpaired) electrons. The van der Waals surface area contributed by atoms with Gasteiger partial charge in [0.25, 0.3) is 5.91 Å². The molecule has 1 amide bonds. The summed E-state index contributed by atoms with van der Waals surface area (Å²) in [7, 11) is 0. The average Bonchev–Trinajstić information content (AvgIpc) is 3.46. The molecule has 0 spiro atoms. The van der Waals surface area contributed by atoms with Gasteiger partial charge in [0, 0.05) is 29.0 Å². The first kappa shape index (κ1) is 13.7. The highest BCUT2D eigenvalue weighted by atomic mass is 16.3. The van der Waals surface area contributed by atoms with Gasteiger partial charge < -0.3 is 10.4 Å². The van der Waals surface area contributed by atoms with E-state index in [0.29, 0.717) is 18.0 Å². The molecular formula is C18H20N2O2. The average molecular weight is 296 g/mol. The number of benzene rings is 1. The first-order valence-electron chi connectivity index (χ1n) is 8.00. The van der Waals surface area contributed by atoms with E-state index >= 15 is 0 Å². The van der Waals surface area contributed by atoms with Gasteiger partial charge in [-0.2, -0.15) is 0 Å². The Balaban J connectivity index is 1.65. The number of hydrogen-bond acceptors (Lipinski definition) is 3. The lowest BCUT2D eigenvalue weighted by Crippen LogP contribution is -2.32. The molecule has 2 saturated carbocycles. The number of carbonyl (C=O) groups is 1. The summed E-state index contributed by atoms with van der Waals surface area (Å²) in [5.74, 6) is 0.462. The van der Waals surface area contributed by atoms with Crippen LogP contribution in [0.5, 0.6) is 0 Å². The molecular weight excluding hydrogens is 276 g/mol. The van der Waals surface area contributed by atoms with Crippen LogP contribution in [0.3, 0.4) is 0 Å². The molecule has 0 atom stereocenters. The largest absolute Gasteiger partial charge is 0.396 e. The molecule has 2 aromatic rings. The van der Waals surface area contributed by atoms with Crippen molar-refractivity contribution in [3.8, 4) is 0 Å². The van der Waals surface area contributed by atoms with Crippen LogP contribution >= 0.6 is 0 Å². The number of hydrogen-bond donors (Lipinski definition) is 2. The maximum absolute atomic E-state index is 12.6. The molecule has 0 saturated heterocycles. The van der Waals surface area contributed by atoms with E-state index in [1.54, 1.807) is 0 Å². The number of pyridine rings is 1. The standard InChI is InChI=1S/C18H20N2O2/c21-11-18(7-8-18)10-19-17(22)14-9-16(12-5-6-12)20-15-4-2-1-3-13(14)15/h1-4,9,12,21H,5-8,10-11H2,(H,19,22). The molecule has 4 heteroatoms. The first-order chi connectivity index (χ1) is 10.7. The van der Waals surface area contributed by atoms with Crippen LogP contribution < -0.4 is 5.32 Å². The van der Waals surface area contributed by atoms with Crippen LogP contribution in [0.1, 0.15) is 47.7 Å². The van der Waals surface area contributed by atoms with Crippen LogP contribution in [0, 0.1) is 5.41 Å². The lowest BCUT2D eigenvalue weighted by Gasteiger charge is -2.14. The summed E-state index contributed by atoms with van der Waals surface area (Å²) in [6.45, 7) is 0.704. The summed E-state index contributed by atoms with van der Waals surface area (Å²) in [4.78, 5) is 17.3. The van der Waals surface area contributed by atoms with Crippen molar-refractivity contribution in [2.45, 2.75) is 31.6 Å². The quantitative estimate of drug-likeness (QED) is 0.891. The number of nitrogens with one attached hydrogen (secondary N) is 1. The summed E-state index contributed by atoms with van der Waals surface area (Å²) < 4.78 is 0. The Hall–Kier alpha value is -1.94. The third-order valence-electron chi connectivity index (χ3n) is 4.89. The minimum atomic E-state index is -0.0716. The fraction of sp³-hybridized carbons (Fsp3) is 0.444. The van der Waals surface area contributed by atoms with Gasteiger partial charge in [0.1, 0.15) is 0 Å². The number of para-hydroxylation sites is 1. The number of rotatable bonds is 5. The predicted octanol–water partition coefficient (Wildman–Crippen LogP) is 2.61. The molecule has 2 N–H and O–H groups in total. The number of amides is 1. The van der Waals surface area contributed by atoms with Gasteiger partial charge >= 0.3 is 0 Å². The maximum atomic E-state index is 12.6. The molecule has 2 fully saturated rings. The Morgan fingerprint density at radius 2 is 2.09 bits per heavy atom. The van der Waals surface area contributed by atoms with E-state index in [-0.39, 0.29) is 17.9 Å². The second kappa shape index (κ2) is 5.06. The van der Waals surface area contributed by atoms with E-state index in [2.05, 4.69) is 5.32 Å². The van der Waals surface area contributed by atoms with Gasteiger partial charge in [-0.1, -0.05) is 18.2 Å². The van der Waals surface area contributed by atoms with Crippen molar-refractivity contribution in [2.75, 3.05) is 13.2 Å². The van der Waals surface area contributed by atoms with E-state index in [4.69, 9.17) is 4.98 Å². The van der Waals surface area contributed by atoms with E-state index in [1.165, 1.54) is 12.8 Å². The van der Waals surface area contributed by atoms with Crippen molar-refractivity contribution in [1.29, 1.82) is 0 Å². The van der Waals surface area contributed by atoms with Gasteiger partial charge in [0.05, 0.1) is 17.7 Å². The highest BCUT2D eigenvalue weighted by molar-refractivity contribution is 6.06. The zero-order chi connectivity index (χ0) is 15.2. The molecule has 1 aromatic carbocycles. The molecule has 1 heterocycles. The zero-order valence-electron chi connectivity index (χ0n) is 12.5. The van der Waals surface area contributed by atoms with Crippen molar-refractivity contribution >= 4 is 16.8 Å². The lowest BCUT2D eigenvalue weighted by atomic mass is 10.0. The van der Waals surface area contributed by atoms with Gasteiger partial charge in [-0.25, -0.2) is 0 Å². The second-order valence-electron chi connectivity index (χ2n) is 6.73. The van der Waals surface area contributed by atoms with Crippen LogP contribution in [0.4, 0.5) is 0 Å². The predicted molar refractivity (Wildman–Crippen MR) is 84.8 cm³/mol. The summed E-state index contributed by atoms with van der Waals surface area (Å²) in [6.07, 6.45) is 4.32. The van der Waals surface area contributed by atoms with E-state index in [0.717, 1.165) is 29.4 Å².